The van der Waals surface area contributed by atoms with Crippen LogP contribution in [0.15, 0.2) is 47.4 Å². The van der Waals surface area contributed by atoms with E-state index in [1.54, 1.807) is 0 Å². The Morgan fingerprint density at radius 2 is 1.71 bits per heavy atom. The first-order valence-corrected chi connectivity index (χ1v) is 10.6. The third-order valence-corrected chi connectivity index (χ3v) is 6.86. The zero-order chi connectivity index (χ0) is 23.0. The number of alkyl halides is 3. The molecule has 0 bridgehead atoms. The first-order valence-electron chi connectivity index (χ1n) is 9.13. The molecule has 0 spiro atoms. The molecule has 166 valence electrons. The molecule has 0 radical (unpaired) electrons. The molecule has 0 N–H and O–H groups in total. The number of nitrogens with zero attached hydrogens (tertiary/aromatic N) is 3. The summed E-state index contributed by atoms with van der Waals surface area (Å²) >= 11 is 0. The largest absolute Gasteiger partial charge is 0.416 e. The predicted molar refractivity (Wildman–Crippen MR) is 104 cm³/mol. The molecular weight excluding hydrogens is 439 g/mol. The standard InChI is InChI=1S/C19H18F3N3O5S/c1-13-11-14(5-6-17(13)25(27)28)18(26)23-7-9-24(10-8-23)31(29,30)16-4-2-3-15(12-16)19(20,21)22/h2-6,11-12H,7-10H2,1H3. The fraction of sp³-hybridized carbons (Fsp3) is 0.316. The van der Waals surface area contributed by atoms with Crippen molar-refractivity contribution >= 4 is 21.6 Å². The van der Waals surface area contributed by atoms with Crippen LogP contribution < -0.4 is 0 Å². The van der Waals surface area contributed by atoms with Gasteiger partial charge >= 0.3 is 6.18 Å². The summed E-state index contributed by atoms with van der Waals surface area (Å²) in [5.74, 6) is -0.408. The summed E-state index contributed by atoms with van der Waals surface area (Å²) in [5.41, 5.74) is -0.622. The Hall–Kier alpha value is -2.99. The number of rotatable bonds is 4. The molecule has 1 saturated heterocycles. The molecule has 2 aromatic rings. The van der Waals surface area contributed by atoms with E-state index < -0.39 is 37.5 Å². The molecule has 0 aromatic heterocycles. The molecule has 1 heterocycles. The highest BCUT2D eigenvalue weighted by molar-refractivity contribution is 7.89. The Balaban J connectivity index is 1.72. The monoisotopic (exact) mass is 457 g/mol. The minimum absolute atomic E-state index is 0.0348. The highest BCUT2D eigenvalue weighted by Crippen LogP contribution is 2.31. The van der Waals surface area contributed by atoms with Crippen LogP contribution in [0, 0.1) is 17.0 Å². The van der Waals surface area contributed by atoms with Crippen molar-refractivity contribution in [3.05, 3.63) is 69.3 Å². The summed E-state index contributed by atoms with van der Waals surface area (Å²) in [6.45, 7) is 1.40. The lowest BCUT2D eigenvalue weighted by atomic mass is 10.1. The topological polar surface area (TPSA) is 101 Å². The molecule has 2 aromatic carbocycles. The molecule has 1 aliphatic rings. The van der Waals surface area contributed by atoms with Crippen LogP contribution >= 0.6 is 0 Å². The van der Waals surface area contributed by atoms with Gasteiger partial charge in [0.05, 0.1) is 15.4 Å². The Morgan fingerprint density at radius 1 is 1.06 bits per heavy atom. The maximum Gasteiger partial charge on any atom is 0.416 e. The summed E-state index contributed by atoms with van der Waals surface area (Å²) < 4.78 is 65.3. The van der Waals surface area contributed by atoms with Crippen LogP contribution in [0.4, 0.5) is 18.9 Å². The van der Waals surface area contributed by atoms with Crippen molar-refractivity contribution in [3.63, 3.8) is 0 Å². The van der Waals surface area contributed by atoms with E-state index in [0.717, 1.165) is 22.5 Å². The van der Waals surface area contributed by atoms with E-state index in [2.05, 4.69) is 0 Å². The van der Waals surface area contributed by atoms with Crippen LogP contribution in [-0.4, -0.2) is 54.6 Å². The first kappa shape index (κ1) is 22.7. The number of benzene rings is 2. The van der Waals surface area contributed by atoms with Crippen LogP contribution in [0.25, 0.3) is 0 Å². The van der Waals surface area contributed by atoms with Crippen LogP contribution in [0.3, 0.4) is 0 Å². The molecule has 12 heteroatoms. The zero-order valence-corrected chi connectivity index (χ0v) is 17.1. The number of carbonyl (C=O) groups is 1. The van der Waals surface area contributed by atoms with Crippen molar-refractivity contribution < 1.29 is 31.3 Å². The van der Waals surface area contributed by atoms with Crippen LogP contribution in [0.2, 0.25) is 0 Å². The molecule has 0 aliphatic carbocycles. The van der Waals surface area contributed by atoms with Gasteiger partial charge in [0.1, 0.15) is 0 Å². The van der Waals surface area contributed by atoms with E-state index in [-0.39, 0.29) is 37.4 Å². The van der Waals surface area contributed by atoms with E-state index >= 15 is 0 Å². The van der Waals surface area contributed by atoms with Gasteiger partial charge in [-0.05, 0) is 37.3 Å². The van der Waals surface area contributed by atoms with Gasteiger partial charge in [-0.15, -0.1) is 0 Å². The van der Waals surface area contributed by atoms with Crippen molar-refractivity contribution in [1.29, 1.82) is 0 Å². The highest BCUT2D eigenvalue weighted by Gasteiger charge is 2.34. The summed E-state index contributed by atoms with van der Waals surface area (Å²) in [7, 11) is -4.16. The number of hydrogen-bond acceptors (Lipinski definition) is 5. The number of amides is 1. The number of halogens is 3. The second kappa shape index (κ2) is 8.27. The molecule has 0 atom stereocenters. The number of sulfonamides is 1. The van der Waals surface area contributed by atoms with E-state index in [1.807, 2.05) is 0 Å². The third kappa shape index (κ3) is 4.69. The van der Waals surface area contributed by atoms with Crippen molar-refractivity contribution in [1.82, 2.24) is 9.21 Å². The van der Waals surface area contributed by atoms with Gasteiger partial charge in [-0.2, -0.15) is 17.5 Å². The molecule has 8 nitrogen and oxygen atoms in total. The van der Waals surface area contributed by atoms with Gasteiger partial charge in [-0.3, -0.25) is 14.9 Å². The number of nitro groups is 1. The minimum atomic E-state index is -4.67. The summed E-state index contributed by atoms with van der Waals surface area (Å²) in [6, 6.07) is 7.48. The molecule has 0 saturated carbocycles. The SMILES string of the molecule is Cc1cc(C(=O)N2CCN(S(=O)(=O)c3cccc(C(F)(F)F)c3)CC2)ccc1[N+](=O)[O-]. The lowest BCUT2D eigenvalue weighted by molar-refractivity contribution is -0.385. The number of piperazine rings is 1. The molecular formula is C19H18F3N3O5S. The van der Waals surface area contributed by atoms with Crippen LogP contribution in [0.1, 0.15) is 21.5 Å². The molecule has 0 unspecified atom stereocenters. The summed E-state index contributed by atoms with van der Waals surface area (Å²) in [4.78, 5) is 24.0. The van der Waals surface area contributed by atoms with Gasteiger partial charge in [0, 0.05) is 43.4 Å². The molecule has 1 amide bonds. The van der Waals surface area contributed by atoms with Gasteiger partial charge in [0.25, 0.3) is 11.6 Å². The van der Waals surface area contributed by atoms with E-state index in [1.165, 1.54) is 30.0 Å². The summed E-state index contributed by atoms with van der Waals surface area (Å²) in [6.07, 6.45) is -4.67. The fourth-order valence-electron chi connectivity index (χ4n) is 3.29. The maximum absolute atomic E-state index is 12.9. The highest BCUT2D eigenvalue weighted by atomic mass is 32.2. The van der Waals surface area contributed by atoms with Gasteiger partial charge < -0.3 is 4.90 Å². The number of nitro benzene ring substituents is 1. The Labute approximate surface area is 176 Å². The fourth-order valence-corrected chi connectivity index (χ4v) is 4.76. The van der Waals surface area contributed by atoms with Gasteiger partial charge in [-0.25, -0.2) is 8.42 Å². The second-order valence-electron chi connectivity index (χ2n) is 6.98. The number of carbonyl (C=O) groups excluding carboxylic acids is 1. The van der Waals surface area contributed by atoms with Crippen molar-refractivity contribution in [2.75, 3.05) is 26.2 Å². The first-order chi connectivity index (χ1) is 14.4. The molecule has 3 rings (SSSR count). The van der Waals surface area contributed by atoms with Gasteiger partial charge in [0.2, 0.25) is 10.0 Å². The Bertz CT molecular complexity index is 1130. The lowest BCUT2D eigenvalue weighted by Crippen LogP contribution is -2.50. The normalized spacial score (nSPS) is 15.7. The van der Waals surface area contributed by atoms with Crippen molar-refractivity contribution in [3.8, 4) is 0 Å². The smallest absolute Gasteiger partial charge is 0.336 e. The number of aryl methyl sites for hydroxylation is 1. The third-order valence-electron chi connectivity index (χ3n) is 4.97. The van der Waals surface area contributed by atoms with E-state index in [4.69, 9.17) is 0 Å². The lowest BCUT2D eigenvalue weighted by Gasteiger charge is -2.34. The average molecular weight is 457 g/mol. The van der Waals surface area contributed by atoms with Crippen LogP contribution in [0.5, 0.6) is 0 Å². The zero-order valence-electron chi connectivity index (χ0n) is 16.3. The quantitative estimate of drug-likeness (QED) is 0.519. The summed E-state index contributed by atoms with van der Waals surface area (Å²) in [5, 5.41) is 10.9. The van der Waals surface area contributed by atoms with Gasteiger partial charge in [-0.1, -0.05) is 6.07 Å². The number of hydrogen-bond donors (Lipinski definition) is 0. The van der Waals surface area contributed by atoms with Gasteiger partial charge in [0.15, 0.2) is 0 Å². The van der Waals surface area contributed by atoms with E-state index in [0.29, 0.717) is 11.6 Å². The van der Waals surface area contributed by atoms with Crippen molar-refractivity contribution in [2.45, 2.75) is 18.0 Å². The molecule has 31 heavy (non-hydrogen) atoms. The van der Waals surface area contributed by atoms with Crippen molar-refractivity contribution in [2.24, 2.45) is 0 Å². The van der Waals surface area contributed by atoms with E-state index in [9.17, 15) is 36.5 Å². The second-order valence-corrected chi connectivity index (χ2v) is 8.92. The Kier molecular flexibility index (Phi) is 6.05. The maximum atomic E-state index is 12.9. The average Bonchev–Trinajstić information content (AvgIpc) is 2.72. The molecule has 1 aliphatic heterocycles. The minimum Gasteiger partial charge on any atom is -0.336 e. The van der Waals surface area contributed by atoms with Crippen LogP contribution in [-0.2, 0) is 16.2 Å². The Morgan fingerprint density at radius 3 is 2.26 bits per heavy atom. The molecule has 1 fully saturated rings. The predicted octanol–water partition coefficient (Wildman–Crippen LogP) is 3.07.